The fourth-order valence-corrected chi connectivity index (χ4v) is 4.10. The van der Waals surface area contributed by atoms with E-state index in [9.17, 15) is 9.59 Å². The average molecular weight is 393 g/mol. The Bertz CT molecular complexity index is 801. The van der Waals surface area contributed by atoms with E-state index in [0.717, 1.165) is 5.56 Å². The van der Waals surface area contributed by atoms with E-state index in [-0.39, 0.29) is 23.8 Å². The highest BCUT2D eigenvalue weighted by molar-refractivity contribution is 7.12. The highest BCUT2D eigenvalue weighted by Crippen LogP contribution is 2.26. The average Bonchev–Trinajstić information content (AvgIpc) is 2.90. The number of carbonyl (C=O) groups excluding carboxylic acids is 2. The number of thiophene rings is 1. The quantitative estimate of drug-likeness (QED) is 0.751. The van der Waals surface area contributed by atoms with Crippen molar-refractivity contribution in [1.82, 2.24) is 10.6 Å². The summed E-state index contributed by atoms with van der Waals surface area (Å²) in [7, 11) is 0. The summed E-state index contributed by atoms with van der Waals surface area (Å²) >= 11 is 7.80. The zero-order valence-corrected chi connectivity index (χ0v) is 17.3. The molecular weight excluding hydrogens is 368 g/mol. The fraction of sp³-hybridized carbons (Fsp3) is 0.400. The largest absolute Gasteiger partial charge is 0.348 e. The first-order chi connectivity index (χ1) is 12.2. The van der Waals surface area contributed by atoms with Gasteiger partial charge in [-0.25, -0.2) is 0 Å². The van der Waals surface area contributed by atoms with E-state index in [1.807, 2.05) is 20.8 Å². The molecule has 0 spiro atoms. The van der Waals surface area contributed by atoms with Crippen molar-refractivity contribution in [3.05, 3.63) is 56.2 Å². The van der Waals surface area contributed by atoms with Gasteiger partial charge in [0.15, 0.2) is 0 Å². The Balaban J connectivity index is 2.11. The Morgan fingerprint density at radius 2 is 1.73 bits per heavy atom. The Labute approximate surface area is 164 Å². The number of benzene rings is 1. The number of hydrogen-bond acceptors (Lipinski definition) is 3. The SMILES string of the molecule is Cc1cc([C@H](C)NC(=O)[C@@H](NC(=O)c2ccccc2Cl)C(C)C)c(C)s1. The predicted octanol–water partition coefficient (Wildman–Crippen LogP) is 4.65. The van der Waals surface area contributed by atoms with Gasteiger partial charge in [-0.1, -0.05) is 37.6 Å². The molecule has 2 N–H and O–H groups in total. The molecule has 0 aliphatic heterocycles. The van der Waals surface area contributed by atoms with E-state index in [4.69, 9.17) is 11.6 Å². The van der Waals surface area contributed by atoms with Gasteiger partial charge in [-0.3, -0.25) is 9.59 Å². The van der Waals surface area contributed by atoms with Crippen molar-refractivity contribution in [2.24, 2.45) is 5.92 Å². The Morgan fingerprint density at radius 3 is 2.27 bits per heavy atom. The molecule has 2 atom stereocenters. The molecular formula is C20H25ClN2O2S. The third kappa shape index (κ3) is 4.86. The van der Waals surface area contributed by atoms with E-state index < -0.39 is 6.04 Å². The minimum absolute atomic E-state index is 0.0565. The minimum atomic E-state index is -0.638. The molecule has 26 heavy (non-hydrogen) atoms. The summed E-state index contributed by atoms with van der Waals surface area (Å²) in [6, 6.07) is 8.15. The predicted molar refractivity (Wildman–Crippen MR) is 108 cm³/mol. The van der Waals surface area contributed by atoms with Crippen LogP contribution in [-0.2, 0) is 4.79 Å². The molecule has 0 saturated carbocycles. The lowest BCUT2D eigenvalue weighted by Gasteiger charge is -2.24. The molecule has 0 unspecified atom stereocenters. The molecule has 2 rings (SSSR count). The van der Waals surface area contributed by atoms with Crippen molar-refractivity contribution < 1.29 is 9.59 Å². The van der Waals surface area contributed by atoms with Crippen LogP contribution in [0.15, 0.2) is 30.3 Å². The number of aryl methyl sites for hydroxylation is 2. The molecule has 2 amide bonds. The van der Waals surface area contributed by atoms with Crippen LogP contribution in [0, 0.1) is 19.8 Å². The van der Waals surface area contributed by atoms with Crippen molar-refractivity contribution in [2.45, 2.75) is 46.7 Å². The van der Waals surface area contributed by atoms with Crippen LogP contribution < -0.4 is 10.6 Å². The van der Waals surface area contributed by atoms with Gasteiger partial charge in [-0.05, 0) is 50.5 Å². The molecule has 0 fully saturated rings. The molecule has 1 heterocycles. The monoisotopic (exact) mass is 392 g/mol. The molecule has 0 radical (unpaired) electrons. The summed E-state index contributed by atoms with van der Waals surface area (Å²) in [6.07, 6.45) is 0. The van der Waals surface area contributed by atoms with E-state index in [0.29, 0.717) is 10.6 Å². The van der Waals surface area contributed by atoms with Gasteiger partial charge >= 0.3 is 0 Å². The van der Waals surface area contributed by atoms with E-state index in [1.165, 1.54) is 9.75 Å². The third-order valence-corrected chi connectivity index (χ3v) is 5.57. The summed E-state index contributed by atoms with van der Waals surface area (Å²) in [5.41, 5.74) is 1.48. The second-order valence-electron chi connectivity index (χ2n) is 6.77. The van der Waals surface area contributed by atoms with Crippen molar-refractivity contribution in [3.63, 3.8) is 0 Å². The van der Waals surface area contributed by atoms with Crippen molar-refractivity contribution in [1.29, 1.82) is 0 Å². The van der Waals surface area contributed by atoms with Gasteiger partial charge in [0.25, 0.3) is 5.91 Å². The summed E-state index contributed by atoms with van der Waals surface area (Å²) < 4.78 is 0. The fourth-order valence-electron chi connectivity index (χ4n) is 2.86. The Morgan fingerprint density at radius 1 is 1.08 bits per heavy atom. The van der Waals surface area contributed by atoms with Crippen LogP contribution in [0.3, 0.4) is 0 Å². The number of nitrogens with one attached hydrogen (secondary N) is 2. The summed E-state index contributed by atoms with van der Waals surface area (Å²) in [6.45, 7) is 9.87. The van der Waals surface area contributed by atoms with Gasteiger partial charge in [-0.2, -0.15) is 0 Å². The first-order valence-corrected chi connectivity index (χ1v) is 9.82. The van der Waals surface area contributed by atoms with Gasteiger partial charge in [0.2, 0.25) is 5.91 Å². The summed E-state index contributed by atoms with van der Waals surface area (Å²) in [4.78, 5) is 27.7. The van der Waals surface area contributed by atoms with Crippen LogP contribution >= 0.6 is 22.9 Å². The van der Waals surface area contributed by atoms with Gasteiger partial charge in [0.05, 0.1) is 16.6 Å². The third-order valence-electron chi connectivity index (χ3n) is 4.26. The van der Waals surface area contributed by atoms with E-state index in [2.05, 4.69) is 30.5 Å². The minimum Gasteiger partial charge on any atom is -0.348 e. The van der Waals surface area contributed by atoms with Gasteiger partial charge in [-0.15, -0.1) is 11.3 Å². The van der Waals surface area contributed by atoms with Crippen molar-refractivity contribution >= 4 is 34.8 Å². The van der Waals surface area contributed by atoms with Gasteiger partial charge in [0, 0.05) is 9.75 Å². The van der Waals surface area contributed by atoms with E-state index in [1.54, 1.807) is 35.6 Å². The second kappa shape index (κ2) is 8.69. The zero-order chi connectivity index (χ0) is 19.4. The Kier molecular flexibility index (Phi) is 6.84. The van der Waals surface area contributed by atoms with Gasteiger partial charge in [0.1, 0.15) is 6.04 Å². The van der Waals surface area contributed by atoms with E-state index >= 15 is 0 Å². The van der Waals surface area contributed by atoms with Crippen molar-refractivity contribution in [3.8, 4) is 0 Å². The summed E-state index contributed by atoms with van der Waals surface area (Å²) in [5, 5.41) is 6.21. The second-order valence-corrected chi connectivity index (χ2v) is 8.64. The Hall–Kier alpha value is -1.85. The molecule has 140 valence electrons. The number of halogens is 1. The molecule has 4 nitrogen and oxygen atoms in total. The molecule has 1 aromatic carbocycles. The maximum atomic E-state index is 12.8. The lowest BCUT2D eigenvalue weighted by Crippen LogP contribution is -2.50. The number of rotatable bonds is 6. The molecule has 0 saturated heterocycles. The topological polar surface area (TPSA) is 58.2 Å². The standard InChI is InChI=1S/C20H25ClN2O2S/c1-11(2)18(23-19(24)15-8-6-7-9-17(15)21)20(25)22-13(4)16-10-12(3)26-14(16)5/h6-11,13,18H,1-5H3,(H,22,25)(H,23,24)/t13-,18-/m0/s1. The lowest BCUT2D eigenvalue weighted by atomic mass is 10.0. The van der Waals surface area contributed by atoms with Crippen LogP contribution in [0.2, 0.25) is 5.02 Å². The first-order valence-electron chi connectivity index (χ1n) is 8.63. The van der Waals surface area contributed by atoms with Crippen LogP contribution in [0.25, 0.3) is 0 Å². The lowest BCUT2D eigenvalue weighted by molar-refractivity contribution is -0.124. The normalized spacial score (nSPS) is 13.3. The molecule has 6 heteroatoms. The smallest absolute Gasteiger partial charge is 0.253 e. The molecule has 0 aliphatic rings. The number of carbonyl (C=O) groups is 2. The molecule has 0 aliphatic carbocycles. The maximum absolute atomic E-state index is 12.8. The zero-order valence-electron chi connectivity index (χ0n) is 15.7. The highest BCUT2D eigenvalue weighted by Gasteiger charge is 2.27. The molecule has 2 aromatic rings. The summed E-state index contributed by atoms with van der Waals surface area (Å²) in [5.74, 6) is -0.602. The maximum Gasteiger partial charge on any atom is 0.253 e. The molecule has 0 bridgehead atoms. The first kappa shape index (κ1) is 20.5. The van der Waals surface area contributed by atoms with Crippen LogP contribution in [-0.4, -0.2) is 17.9 Å². The number of hydrogen-bond donors (Lipinski definition) is 2. The van der Waals surface area contributed by atoms with Crippen LogP contribution in [0.4, 0.5) is 0 Å². The van der Waals surface area contributed by atoms with Crippen LogP contribution in [0.5, 0.6) is 0 Å². The van der Waals surface area contributed by atoms with Crippen LogP contribution in [0.1, 0.15) is 52.5 Å². The highest BCUT2D eigenvalue weighted by atomic mass is 35.5. The van der Waals surface area contributed by atoms with Gasteiger partial charge < -0.3 is 10.6 Å². The number of amides is 2. The molecule has 1 aromatic heterocycles. The van der Waals surface area contributed by atoms with Crippen molar-refractivity contribution in [2.75, 3.05) is 0 Å².